The molecule has 0 atom stereocenters. The van der Waals surface area contributed by atoms with E-state index in [1.807, 2.05) is 61.5 Å². The molecule has 0 radical (unpaired) electrons. The summed E-state index contributed by atoms with van der Waals surface area (Å²) in [5.41, 5.74) is 2.58. The van der Waals surface area contributed by atoms with Crippen molar-refractivity contribution in [3.63, 3.8) is 0 Å². The number of hydrogen-bond donors (Lipinski definition) is 0. The predicted molar refractivity (Wildman–Crippen MR) is 106 cm³/mol. The van der Waals surface area contributed by atoms with Crippen molar-refractivity contribution >= 4 is 5.91 Å². The molecule has 28 heavy (non-hydrogen) atoms. The lowest BCUT2D eigenvalue weighted by Crippen LogP contribution is -2.30. The van der Waals surface area contributed by atoms with Gasteiger partial charge >= 0.3 is 0 Å². The van der Waals surface area contributed by atoms with Crippen LogP contribution in [0.5, 0.6) is 5.75 Å². The van der Waals surface area contributed by atoms with Crippen LogP contribution in [0.2, 0.25) is 0 Å². The van der Waals surface area contributed by atoms with E-state index in [9.17, 15) is 4.79 Å². The third-order valence-electron chi connectivity index (χ3n) is 4.94. The zero-order chi connectivity index (χ0) is 19.3. The van der Waals surface area contributed by atoms with Crippen molar-refractivity contribution in [3.05, 3.63) is 83.2 Å². The summed E-state index contributed by atoms with van der Waals surface area (Å²) in [5.74, 6) is 2.00. The number of carbonyl (C=O) groups is 1. The number of amides is 1. The van der Waals surface area contributed by atoms with Crippen LogP contribution in [0.1, 0.15) is 53.1 Å². The second kappa shape index (κ2) is 8.30. The summed E-state index contributed by atoms with van der Waals surface area (Å²) in [6.45, 7) is 3.64. The van der Waals surface area contributed by atoms with Gasteiger partial charge in [-0.15, -0.1) is 0 Å². The second-order valence-electron chi connectivity index (χ2n) is 7.13. The van der Waals surface area contributed by atoms with E-state index in [-0.39, 0.29) is 5.91 Å². The molecule has 1 fully saturated rings. The molecule has 4 rings (SSSR count). The molecule has 5 nitrogen and oxygen atoms in total. The highest BCUT2D eigenvalue weighted by Gasteiger charge is 2.29. The van der Waals surface area contributed by atoms with Gasteiger partial charge in [0.05, 0.1) is 0 Å². The fourth-order valence-corrected chi connectivity index (χ4v) is 3.09. The normalized spacial score (nSPS) is 13.3. The van der Waals surface area contributed by atoms with Crippen molar-refractivity contribution in [2.24, 2.45) is 0 Å². The molecule has 2 aromatic carbocycles. The lowest BCUT2D eigenvalue weighted by atomic mass is 10.2. The average molecular weight is 376 g/mol. The summed E-state index contributed by atoms with van der Waals surface area (Å²) in [5, 5.41) is 3.97. The fraction of sp³-hybridized carbons (Fsp3) is 0.304. The highest BCUT2D eigenvalue weighted by molar-refractivity contribution is 5.92. The van der Waals surface area contributed by atoms with E-state index in [1.165, 1.54) is 0 Å². The molecule has 0 unspecified atom stereocenters. The summed E-state index contributed by atoms with van der Waals surface area (Å²) in [6, 6.07) is 19.7. The maximum absolute atomic E-state index is 12.7. The molecule has 1 aliphatic carbocycles. The number of aromatic nitrogens is 1. The van der Waals surface area contributed by atoms with Gasteiger partial charge in [0.25, 0.3) is 5.91 Å². The van der Waals surface area contributed by atoms with Crippen molar-refractivity contribution in [3.8, 4) is 5.75 Å². The topological polar surface area (TPSA) is 55.6 Å². The summed E-state index contributed by atoms with van der Waals surface area (Å²) in [4.78, 5) is 14.5. The Hall–Kier alpha value is -3.08. The number of benzene rings is 2. The van der Waals surface area contributed by atoms with Gasteiger partial charge in [0, 0.05) is 25.1 Å². The van der Waals surface area contributed by atoms with E-state index in [0.717, 1.165) is 35.5 Å². The van der Waals surface area contributed by atoms with E-state index in [0.29, 0.717) is 31.3 Å². The van der Waals surface area contributed by atoms with Crippen molar-refractivity contribution in [1.29, 1.82) is 0 Å². The van der Waals surface area contributed by atoms with Crippen LogP contribution in [0.3, 0.4) is 0 Å². The highest BCUT2D eigenvalue weighted by Crippen LogP contribution is 2.40. The van der Waals surface area contributed by atoms with E-state index in [4.69, 9.17) is 9.26 Å². The summed E-state index contributed by atoms with van der Waals surface area (Å²) >= 11 is 0. The molecule has 1 aromatic heterocycles. The largest absolute Gasteiger partial charge is 0.489 e. The van der Waals surface area contributed by atoms with Crippen LogP contribution in [0.25, 0.3) is 0 Å². The average Bonchev–Trinajstić information content (AvgIpc) is 3.48. The van der Waals surface area contributed by atoms with Gasteiger partial charge in [-0.3, -0.25) is 4.79 Å². The minimum Gasteiger partial charge on any atom is -0.489 e. The van der Waals surface area contributed by atoms with Gasteiger partial charge in [0.2, 0.25) is 0 Å². The molecule has 0 N–H and O–H groups in total. The lowest BCUT2D eigenvalue weighted by molar-refractivity contribution is 0.0742. The maximum Gasteiger partial charge on any atom is 0.276 e. The molecular formula is C23H24N2O3. The monoisotopic (exact) mass is 376 g/mol. The molecule has 0 bridgehead atoms. The maximum atomic E-state index is 12.7. The summed E-state index contributed by atoms with van der Waals surface area (Å²) < 4.78 is 11.1. The summed E-state index contributed by atoms with van der Waals surface area (Å²) in [7, 11) is 0. The first kappa shape index (κ1) is 18.3. The lowest BCUT2D eigenvalue weighted by Gasteiger charge is -2.19. The quantitative estimate of drug-likeness (QED) is 0.567. The Morgan fingerprint density at radius 1 is 1.11 bits per heavy atom. The Morgan fingerprint density at radius 3 is 2.54 bits per heavy atom. The minimum absolute atomic E-state index is 0.0949. The standard InChI is InChI=1S/C23H24N2O3/c1-2-25(23(26)21-14-22(28-24-21)19-10-11-19)15-17-8-12-20(13-9-17)27-16-18-6-4-3-5-7-18/h3-9,12-14,19H,2,10-11,15-16H2,1H3. The third-order valence-corrected chi connectivity index (χ3v) is 4.94. The van der Waals surface area contributed by atoms with Gasteiger partial charge in [-0.1, -0.05) is 47.6 Å². The van der Waals surface area contributed by atoms with Crippen molar-refractivity contribution in [2.45, 2.75) is 38.8 Å². The van der Waals surface area contributed by atoms with Crippen LogP contribution >= 0.6 is 0 Å². The number of nitrogens with zero attached hydrogens (tertiary/aromatic N) is 2. The molecular weight excluding hydrogens is 352 g/mol. The molecule has 1 heterocycles. The van der Waals surface area contributed by atoms with Gasteiger partial charge < -0.3 is 14.2 Å². The molecule has 0 aliphatic heterocycles. The number of ether oxygens (including phenoxy) is 1. The SMILES string of the molecule is CCN(Cc1ccc(OCc2ccccc2)cc1)C(=O)c1cc(C2CC2)on1. The van der Waals surface area contributed by atoms with Crippen LogP contribution in [-0.4, -0.2) is 22.5 Å². The van der Waals surface area contributed by atoms with Crippen LogP contribution in [-0.2, 0) is 13.2 Å². The molecule has 0 saturated heterocycles. The van der Waals surface area contributed by atoms with Crippen molar-refractivity contribution < 1.29 is 14.1 Å². The Morgan fingerprint density at radius 2 is 1.86 bits per heavy atom. The smallest absolute Gasteiger partial charge is 0.276 e. The first-order valence-electron chi connectivity index (χ1n) is 9.74. The van der Waals surface area contributed by atoms with Gasteiger partial charge in [-0.2, -0.15) is 0 Å². The molecule has 1 aliphatic rings. The highest BCUT2D eigenvalue weighted by atomic mass is 16.5. The van der Waals surface area contributed by atoms with Gasteiger partial charge in [-0.25, -0.2) is 0 Å². The van der Waals surface area contributed by atoms with E-state index in [1.54, 1.807) is 11.0 Å². The fourth-order valence-electron chi connectivity index (χ4n) is 3.09. The molecule has 1 saturated carbocycles. The molecule has 1 amide bonds. The van der Waals surface area contributed by atoms with Crippen LogP contribution in [0, 0.1) is 0 Å². The molecule has 144 valence electrons. The van der Waals surface area contributed by atoms with Crippen LogP contribution in [0.4, 0.5) is 0 Å². The second-order valence-corrected chi connectivity index (χ2v) is 7.13. The third kappa shape index (κ3) is 4.42. The van der Waals surface area contributed by atoms with E-state index in [2.05, 4.69) is 5.16 Å². The Balaban J connectivity index is 1.35. The molecule has 3 aromatic rings. The van der Waals surface area contributed by atoms with E-state index < -0.39 is 0 Å². The molecule has 5 heteroatoms. The zero-order valence-corrected chi connectivity index (χ0v) is 16.0. The first-order chi connectivity index (χ1) is 13.7. The van der Waals surface area contributed by atoms with Crippen LogP contribution < -0.4 is 4.74 Å². The number of hydrogen-bond acceptors (Lipinski definition) is 4. The summed E-state index contributed by atoms with van der Waals surface area (Å²) in [6.07, 6.45) is 2.25. The minimum atomic E-state index is -0.0949. The van der Waals surface area contributed by atoms with E-state index >= 15 is 0 Å². The van der Waals surface area contributed by atoms with Gasteiger partial charge in [-0.05, 0) is 43.0 Å². The van der Waals surface area contributed by atoms with Crippen molar-refractivity contribution in [1.82, 2.24) is 10.1 Å². The zero-order valence-electron chi connectivity index (χ0n) is 16.0. The van der Waals surface area contributed by atoms with Gasteiger partial charge in [0.1, 0.15) is 18.1 Å². The van der Waals surface area contributed by atoms with Gasteiger partial charge in [0.15, 0.2) is 5.69 Å². The number of carbonyl (C=O) groups excluding carboxylic acids is 1. The Kier molecular flexibility index (Phi) is 5.42. The Bertz CT molecular complexity index is 915. The predicted octanol–water partition coefficient (Wildman–Crippen LogP) is 4.79. The first-order valence-corrected chi connectivity index (χ1v) is 9.74. The molecule has 0 spiro atoms. The van der Waals surface area contributed by atoms with Crippen LogP contribution in [0.15, 0.2) is 65.2 Å². The van der Waals surface area contributed by atoms with Crippen molar-refractivity contribution in [2.75, 3.05) is 6.54 Å². The number of rotatable bonds is 8. The Labute approximate surface area is 164 Å².